The molecule has 150 valence electrons. The Morgan fingerprint density at radius 1 is 1.18 bits per heavy atom. The minimum Gasteiger partial charge on any atom is -0.492 e. The van der Waals surface area contributed by atoms with Crippen LogP contribution in [0.15, 0.2) is 30.3 Å². The van der Waals surface area contributed by atoms with E-state index in [0.29, 0.717) is 30.1 Å². The summed E-state index contributed by atoms with van der Waals surface area (Å²) < 4.78 is 49.0. The van der Waals surface area contributed by atoms with Crippen LogP contribution in [0, 0.1) is 5.92 Å². The molecule has 0 bridgehead atoms. The molecule has 0 fully saturated rings. The number of hydrogen-bond acceptors (Lipinski definition) is 3. The van der Waals surface area contributed by atoms with E-state index in [2.05, 4.69) is 24.7 Å². The van der Waals surface area contributed by atoms with Gasteiger partial charge in [0.1, 0.15) is 17.8 Å². The van der Waals surface area contributed by atoms with Crippen LogP contribution in [0.4, 0.5) is 13.2 Å². The summed E-state index contributed by atoms with van der Waals surface area (Å²) in [5, 5.41) is 0. The average molecular weight is 392 g/mol. The molecule has 2 aromatic rings. The lowest BCUT2D eigenvalue weighted by Crippen LogP contribution is -2.18. The van der Waals surface area contributed by atoms with Crippen molar-refractivity contribution in [2.75, 3.05) is 6.61 Å². The van der Waals surface area contributed by atoms with Gasteiger partial charge in [-0.2, -0.15) is 0 Å². The van der Waals surface area contributed by atoms with E-state index in [1.807, 2.05) is 19.9 Å². The number of carbonyl (C=O) groups is 1. The number of benzene rings is 2. The molecule has 6 heteroatoms. The van der Waals surface area contributed by atoms with Crippen LogP contribution in [0.1, 0.15) is 49.2 Å². The number of hydrogen-bond donors (Lipinski definition) is 0. The second-order valence-electron chi connectivity index (χ2n) is 8.21. The Bertz CT molecular complexity index is 899. The summed E-state index contributed by atoms with van der Waals surface area (Å²) in [5.41, 5.74) is 2.68. The van der Waals surface area contributed by atoms with Gasteiger partial charge in [-0.1, -0.05) is 33.8 Å². The lowest BCUT2D eigenvalue weighted by atomic mass is 9.83. The molecule has 0 amide bonds. The fourth-order valence-electron chi connectivity index (χ4n) is 3.51. The summed E-state index contributed by atoms with van der Waals surface area (Å²) in [4.78, 5) is 11.2. The first-order valence-electron chi connectivity index (χ1n) is 9.16. The van der Waals surface area contributed by atoms with Crippen molar-refractivity contribution >= 4 is 6.29 Å². The van der Waals surface area contributed by atoms with E-state index in [1.165, 1.54) is 18.2 Å². The quantitative estimate of drug-likeness (QED) is 0.592. The smallest absolute Gasteiger partial charge is 0.492 e. The molecule has 1 aliphatic heterocycles. The zero-order valence-electron chi connectivity index (χ0n) is 16.3. The molecule has 0 saturated heterocycles. The standard InChI is InChI=1S/C22H23F3O3/c1-13(2)7-15-9-17(20-18(10-15)21(3,4)12-27-20)16-8-14(11-26)5-6-19(16)28-22(23,24)25/h5-6,8-11,13H,7,12H2,1-4H3. The summed E-state index contributed by atoms with van der Waals surface area (Å²) in [6.07, 6.45) is -3.46. The zero-order valence-corrected chi connectivity index (χ0v) is 16.3. The van der Waals surface area contributed by atoms with Crippen molar-refractivity contribution in [2.45, 2.75) is 45.9 Å². The Balaban J connectivity index is 2.25. The fraction of sp³-hybridized carbons (Fsp3) is 0.409. The topological polar surface area (TPSA) is 35.5 Å². The van der Waals surface area contributed by atoms with Gasteiger partial charge in [0.2, 0.25) is 0 Å². The van der Waals surface area contributed by atoms with E-state index in [-0.39, 0.29) is 22.3 Å². The lowest BCUT2D eigenvalue weighted by Gasteiger charge is -2.19. The van der Waals surface area contributed by atoms with Crippen LogP contribution in [-0.2, 0) is 11.8 Å². The first-order chi connectivity index (χ1) is 13.0. The Labute approximate surface area is 162 Å². The molecule has 3 rings (SSSR count). The van der Waals surface area contributed by atoms with E-state index in [0.717, 1.165) is 17.5 Å². The lowest BCUT2D eigenvalue weighted by molar-refractivity contribution is -0.274. The Kier molecular flexibility index (Phi) is 5.17. The maximum Gasteiger partial charge on any atom is 0.573 e. The molecule has 0 unspecified atom stereocenters. The highest BCUT2D eigenvalue weighted by Gasteiger charge is 2.36. The molecule has 0 saturated carbocycles. The van der Waals surface area contributed by atoms with E-state index in [1.54, 1.807) is 0 Å². The summed E-state index contributed by atoms with van der Waals surface area (Å²) in [7, 11) is 0. The minimum absolute atomic E-state index is 0.196. The van der Waals surface area contributed by atoms with Crippen LogP contribution >= 0.6 is 0 Å². The molecule has 0 aliphatic carbocycles. The maximum atomic E-state index is 12.9. The van der Waals surface area contributed by atoms with Gasteiger partial charge in [0.25, 0.3) is 0 Å². The van der Waals surface area contributed by atoms with Crippen LogP contribution in [0.3, 0.4) is 0 Å². The minimum atomic E-state index is -4.84. The second kappa shape index (κ2) is 7.15. The molecule has 0 radical (unpaired) electrons. The fourth-order valence-corrected chi connectivity index (χ4v) is 3.51. The Morgan fingerprint density at radius 3 is 2.50 bits per heavy atom. The van der Waals surface area contributed by atoms with E-state index in [9.17, 15) is 18.0 Å². The number of aldehydes is 1. The predicted octanol–water partition coefficient (Wildman–Crippen LogP) is 5.93. The number of ether oxygens (including phenoxy) is 2. The third-order valence-corrected chi connectivity index (χ3v) is 4.75. The molecule has 1 heterocycles. The predicted molar refractivity (Wildman–Crippen MR) is 101 cm³/mol. The number of carbonyl (C=O) groups excluding carboxylic acids is 1. The summed E-state index contributed by atoms with van der Waals surface area (Å²) in [6, 6.07) is 7.80. The highest BCUT2D eigenvalue weighted by atomic mass is 19.4. The van der Waals surface area contributed by atoms with Gasteiger partial charge in [0.15, 0.2) is 0 Å². The third-order valence-electron chi connectivity index (χ3n) is 4.75. The van der Waals surface area contributed by atoms with Crippen LogP contribution in [-0.4, -0.2) is 19.3 Å². The van der Waals surface area contributed by atoms with Crippen LogP contribution in [0.25, 0.3) is 11.1 Å². The van der Waals surface area contributed by atoms with Crippen LogP contribution < -0.4 is 9.47 Å². The molecule has 0 N–H and O–H groups in total. The third kappa shape index (κ3) is 4.16. The van der Waals surface area contributed by atoms with Gasteiger partial charge in [-0.25, -0.2) is 0 Å². The van der Waals surface area contributed by atoms with Crippen LogP contribution in [0.5, 0.6) is 11.5 Å². The molecular weight excluding hydrogens is 369 g/mol. The molecule has 3 nitrogen and oxygen atoms in total. The average Bonchev–Trinajstić information content (AvgIpc) is 2.88. The van der Waals surface area contributed by atoms with Crippen molar-refractivity contribution < 1.29 is 27.4 Å². The van der Waals surface area contributed by atoms with Gasteiger partial charge in [-0.15, -0.1) is 13.2 Å². The van der Waals surface area contributed by atoms with Gasteiger partial charge in [0, 0.05) is 27.7 Å². The number of halogens is 3. The highest BCUT2D eigenvalue weighted by Crippen LogP contribution is 2.48. The van der Waals surface area contributed by atoms with Crippen molar-refractivity contribution in [2.24, 2.45) is 5.92 Å². The zero-order chi connectivity index (χ0) is 20.7. The van der Waals surface area contributed by atoms with Crippen molar-refractivity contribution in [3.8, 4) is 22.6 Å². The van der Waals surface area contributed by atoms with Crippen molar-refractivity contribution in [1.29, 1.82) is 0 Å². The molecule has 1 aliphatic rings. The summed E-state index contributed by atoms with van der Waals surface area (Å²) >= 11 is 0. The van der Waals surface area contributed by atoms with Crippen molar-refractivity contribution in [3.63, 3.8) is 0 Å². The molecule has 0 atom stereocenters. The highest BCUT2D eigenvalue weighted by molar-refractivity contribution is 5.85. The van der Waals surface area contributed by atoms with Crippen LogP contribution in [0.2, 0.25) is 0 Å². The van der Waals surface area contributed by atoms with Gasteiger partial charge in [0.05, 0.1) is 6.61 Å². The van der Waals surface area contributed by atoms with Crippen molar-refractivity contribution in [1.82, 2.24) is 0 Å². The normalized spacial score (nSPS) is 15.3. The molecule has 28 heavy (non-hydrogen) atoms. The largest absolute Gasteiger partial charge is 0.573 e. The SMILES string of the molecule is CC(C)Cc1cc(-c2cc(C=O)ccc2OC(F)(F)F)c2c(c1)C(C)(C)CO2. The Hall–Kier alpha value is -2.50. The second-order valence-corrected chi connectivity index (χ2v) is 8.21. The number of alkyl halides is 3. The first-order valence-corrected chi connectivity index (χ1v) is 9.16. The maximum absolute atomic E-state index is 12.9. The van der Waals surface area contributed by atoms with E-state index in [4.69, 9.17) is 4.74 Å². The van der Waals surface area contributed by atoms with Crippen molar-refractivity contribution in [3.05, 3.63) is 47.0 Å². The van der Waals surface area contributed by atoms with E-state index >= 15 is 0 Å². The Morgan fingerprint density at radius 2 is 1.89 bits per heavy atom. The van der Waals surface area contributed by atoms with Gasteiger partial charge < -0.3 is 9.47 Å². The van der Waals surface area contributed by atoms with Gasteiger partial charge >= 0.3 is 6.36 Å². The monoisotopic (exact) mass is 392 g/mol. The summed E-state index contributed by atoms with van der Waals surface area (Å²) in [6.45, 7) is 8.68. The summed E-state index contributed by atoms with van der Waals surface area (Å²) in [5.74, 6) is 0.575. The molecule has 0 aromatic heterocycles. The molecular formula is C22H23F3O3. The first kappa shape index (κ1) is 20.2. The van der Waals surface area contributed by atoms with Gasteiger partial charge in [-0.05, 0) is 42.2 Å². The van der Waals surface area contributed by atoms with E-state index < -0.39 is 6.36 Å². The molecule has 0 spiro atoms. The van der Waals surface area contributed by atoms with Gasteiger partial charge in [-0.3, -0.25) is 4.79 Å². The number of fused-ring (bicyclic) bond motifs is 1. The molecule has 2 aromatic carbocycles. The number of rotatable bonds is 5.